The van der Waals surface area contributed by atoms with Gasteiger partial charge in [-0.2, -0.15) is 0 Å². The minimum atomic E-state index is -0.240. The summed E-state index contributed by atoms with van der Waals surface area (Å²) in [6.45, 7) is 5.19. The molecule has 0 radical (unpaired) electrons. The van der Waals surface area contributed by atoms with Gasteiger partial charge < -0.3 is 15.0 Å². The molecule has 1 fully saturated rings. The van der Waals surface area contributed by atoms with Gasteiger partial charge in [-0.05, 0) is 50.5 Å². The van der Waals surface area contributed by atoms with Crippen molar-refractivity contribution < 1.29 is 14.3 Å². The van der Waals surface area contributed by atoms with Crippen molar-refractivity contribution in [3.8, 4) is 0 Å². The van der Waals surface area contributed by atoms with Crippen molar-refractivity contribution in [3.63, 3.8) is 0 Å². The second-order valence-electron chi connectivity index (χ2n) is 6.30. The summed E-state index contributed by atoms with van der Waals surface area (Å²) in [6.07, 6.45) is 3.31. The predicted octanol–water partition coefficient (Wildman–Crippen LogP) is 3.35. The average molecular weight is 341 g/mol. The van der Waals surface area contributed by atoms with Crippen LogP contribution < -0.4 is 5.32 Å². The molecule has 6 nitrogen and oxygen atoms in total. The number of esters is 1. The summed E-state index contributed by atoms with van der Waals surface area (Å²) in [5.41, 5.74) is 2.68. The zero-order valence-corrected chi connectivity index (χ0v) is 14.6. The second kappa shape index (κ2) is 7.51. The number of aromatic nitrogens is 1. The Bertz CT molecular complexity index is 791. The number of benzene rings is 1. The van der Waals surface area contributed by atoms with Gasteiger partial charge >= 0.3 is 12.0 Å². The lowest BCUT2D eigenvalue weighted by atomic mass is 9.98. The number of fused-ring (bicyclic) bond motifs is 1. The van der Waals surface area contributed by atoms with Crippen LogP contribution in [0.1, 0.15) is 25.3 Å². The van der Waals surface area contributed by atoms with Crippen LogP contribution in [0.15, 0.2) is 30.5 Å². The number of ether oxygens (including phenoxy) is 1. The van der Waals surface area contributed by atoms with E-state index in [0.717, 1.165) is 35.0 Å². The smallest absolute Gasteiger partial charge is 0.321 e. The number of amides is 2. The minimum absolute atomic E-state index is 0.192. The summed E-state index contributed by atoms with van der Waals surface area (Å²) in [5.74, 6) is -0.458. The lowest BCUT2D eigenvalue weighted by Gasteiger charge is -2.31. The van der Waals surface area contributed by atoms with Crippen LogP contribution in [-0.2, 0) is 9.53 Å². The monoisotopic (exact) mass is 341 g/mol. The molecular weight excluding hydrogens is 318 g/mol. The summed E-state index contributed by atoms with van der Waals surface area (Å²) in [6, 6.07) is 7.45. The maximum atomic E-state index is 12.7. The fourth-order valence-electron chi connectivity index (χ4n) is 3.23. The van der Waals surface area contributed by atoms with Crippen molar-refractivity contribution in [3.05, 3.63) is 36.0 Å². The normalized spacial score (nSPS) is 17.4. The van der Waals surface area contributed by atoms with Crippen molar-refractivity contribution in [1.82, 2.24) is 9.88 Å². The minimum Gasteiger partial charge on any atom is -0.466 e. The number of pyridine rings is 1. The van der Waals surface area contributed by atoms with Gasteiger partial charge in [-0.15, -0.1) is 0 Å². The Morgan fingerprint density at radius 2 is 2.20 bits per heavy atom. The highest BCUT2D eigenvalue weighted by atomic mass is 16.5. The molecule has 2 heterocycles. The fourth-order valence-corrected chi connectivity index (χ4v) is 3.23. The van der Waals surface area contributed by atoms with Gasteiger partial charge in [0.2, 0.25) is 0 Å². The largest absolute Gasteiger partial charge is 0.466 e. The fraction of sp³-hybridized carbons (Fsp3) is 0.421. The number of anilines is 1. The Kier molecular flexibility index (Phi) is 5.16. The van der Waals surface area contributed by atoms with Crippen LogP contribution >= 0.6 is 0 Å². The third-order valence-electron chi connectivity index (χ3n) is 4.54. The number of aryl methyl sites for hydroxylation is 1. The van der Waals surface area contributed by atoms with E-state index in [9.17, 15) is 9.59 Å². The molecule has 2 amide bonds. The summed E-state index contributed by atoms with van der Waals surface area (Å²) < 4.78 is 5.09. The quantitative estimate of drug-likeness (QED) is 0.869. The highest BCUT2D eigenvalue weighted by Gasteiger charge is 2.29. The molecule has 0 saturated carbocycles. The number of hydrogen-bond donors (Lipinski definition) is 1. The van der Waals surface area contributed by atoms with Gasteiger partial charge in [0.15, 0.2) is 0 Å². The first-order valence-electron chi connectivity index (χ1n) is 8.67. The zero-order chi connectivity index (χ0) is 17.8. The summed E-state index contributed by atoms with van der Waals surface area (Å²) >= 11 is 0. The first-order valence-corrected chi connectivity index (χ1v) is 8.67. The molecule has 1 aromatic heterocycles. The van der Waals surface area contributed by atoms with Gasteiger partial charge in [-0.1, -0.05) is 6.07 Å². The van der Waals surface area contributed by atoms with Gasteiger partial charge in [0, 0.05) is 24.7 Å². The van der Waals surface area contributed by atoms with Crippen LogP contribution in [0.4, 0.5) is 10.5 Å². The lowest BCUT2D eigenvalue weighted by molar-refractivity contribution is -0.149. The van der Waals surface area contributed by atoms with Crippen molar-refractivity contribution in [2.75, 3.05) is 25.0 Å². The molecule has 1 saturated heterocycles. The lowest BCUT2D eigenvalue weighted by Crippen LogP contribution is -2.44. The first-order chi connectivity index (χ1) is 12.1. The first kappa shape index (κ1) is 17.2. The van der Waals surface area contributed by atoms with Gasteiger partial charge in [0.25, 0.3) is 0 Å². The number of urea groups is 1. The number of piperidine rings is 1. The molecule has 0 spiro atoms. The van der Waals surface area contributed by atoms with Gasteiger partial charge in [-0.25, -0.2) is 4.79 Å². The van der Waals surface area contributed by atoms with E-state index in [0.29, 0.717) is 19.7 Å². The van der Waals surface area contributed by atoms with E-state index < -0.39 is 0 Å². The Balaban J connectivity index is 1.74. The molecule has 1 atom stereocenters. The average Bonchev–Trinajstić information content (AvgIpc) is 2.64. The predicted molar refractivity (Wildman–Crippen MR) is 96.4 cm³/mol. The highest BCUT2D eigenvalue weighted by Crippen LogP contribution is 2.25. The Labute approximate surface area is 147 Å². The van der Waals surface area contributed by atoms with E-state index in [2.05, 4.69) is 10.3 Å². The number of rotatable bonds is 3. The molecule has 1 aliphatic heterocycles. The van der Waals surface area contributed by atoms with E-state index in [4.69, 9.17) is 4.74 Å². The molecule has 0 bridgehead atoms. The molecule has 1 aromatic carbocycles. The number of carbonyl (C=O) groups excluding carboxylic acids is 2. The molecule has 2 aromatic rings. The molecule has 0 aliphatic carbocycles. The zero-order valence-electron chi connectivity index (χ0n) is 14.6. The molecule has 132 valence electrons. The van der Waals surface area contributed by atoms with Crippen molar-refractivity contribution in [1.29, 1.82) is 0 Å². The van der Waals surface area contributed by atoms with Crippen molar-refractivity contribution >= 4 is 28.6 Å². The third-order valence-corrected chi connectivity index (χ3v) is 4.54. The van der Waals surface area contributed by atoms with Gasteiger partial charge in [0.05, 0.1) is 23.7 Å². The summed E-state index contributed by atoms with van der Waals surface area (Å²) in [4.78, 5) is 30.7. The maximum Gasteiger partial charge on any atom is 0.321 e. The molecule has 25 heavy (non-hydrogen) atoms. The topological polar surface area (TPSA) is 71.5 Å². The number of carbonyl (C=O) groups is 2. The molecular formula is C19H23N3O3. The summed E-state index contributed by atoms with van der Waals surface area (Å²) in [5, 5.41) is 3.88. The van der Waals surface area contributed by atoms with Crippen LogP contribution in [0.3, 0.4) is 0 Å². The summed E-state index contributed by atoms with van der Waals surface area (Å²) in [7, 11) is 0. The third kappa shape index (κ3) is 3.73. The number of hydrogen-bond acceptors (Lipinski definition) is 4. The molecule has 3 rings (SSSR count). The number of likely N-dealkylation sites (tertiary alicyclic amines) is 1. The van der Waals surface area contributed by atoms with Crippen LogP contribution in [0, 0.1) is 12.8 Å². The van der Waals surface area contributed by atoms with Crippen molar-refractivity contribution in [2.24, 2.45) is 5.92 Å². The van der Waals surface area contributed by atoms with Crippen LogP contribution in [-0.4, -0.2) is 41.6 Å². The second-order valence-corrected chi connectivity index (χ2v) is 6.30. The number of nitrogens with one attached hydrogen (secondary N) is 1. The van der Waals surface area contributed by atoms with E-state index in [1.54, 1.807) is 18.0 Å². The highest BCUT2D eigenvalue weighted by molar-refractivity contribution is 6.01. The van der Waals surface area contributed by atoms with E-state index in [1.165, 1.54) is 0 Å². The SMILES string of the molecule is CCOC(=O)C1CCCN(C(=O)Nc2ccc(C)c3ncccc23)C1. The molecule has 6 heteroatoms. The molecule has 1 aliphatic rings. The Hall–Kier alpha value is -2.63. The number of nitrogens with zero attached hydrogens (tertiary/aromatic N) is 2. The van der Waals surface area contributed by atoms with E-state index in [1.807, 2.05) is 31.2 Å². The standard InChI is InChI=1S/C19H23N3O3/c1-3-25-18(23)14-6-5-11-22(12-14)19(24)21-16-9-8-13(2)17-15(16)7-4-10-20-17/h4,7-10,14H,3,5-6,11-12H2,1-2H3,(H,21,24). The van der Waals surface area contributed by atoms with Crippen LogP contribution in [0.5, 0.6) is 0 Å². The van der Waals surface area contributed by atoms with Crippen LogP contribution in [0.25, 0.3) is 10.9 Å². The molecule has 1 unspecified atom stereocenters. The van der Waals surface area contributed by atoms with E-state index >= 15 is 0 Å². The van der Waals surface area contributed by atoms with E-state index in [-0.39, 0.29) is 17.9 Å². The van der Waals surface area contributed by atoms with Crippen molar-refractivity contribution in [2.45, 2.75) is 26.7 Å². The van der Waals surface area contributed by atoms with Gasteiger partial charge in [0.1, 0.15) is 0 Å². The van der Waals surface area contributed by atoms with Gasteiger partial charge in [-0.3, -0.25) is 9.78 Å². The van der Waals surface area contributed by atoms with Crippen LogP contribution in [0.2, 0.25) is 0 Å². The Morgan fingerprint density at radius 1 is 1.36 bits per heavy atom. The Morgan fingerprint density at radius 3 is 3.00 bits per heavy atom. The molecule has 1 N–H and O–H groups in total. The maximum absolute atomic E-state index is 12.7.